The number of hydrogen-bond donors (Lipinski definition) is 1. The van der Waals surface area contributed by atoms with Crippen molar-refractivity contribution in [2.75, 3.05) is 26.3 Å². The molecular formula is C11H23N2O+. The smallest absolute Gasteiger partial charge is 0.247 e. The van der Waals surface area contributed by atoms with Crippen LogP contribution >= 0.6 is 0 Å². The van der Waals surface area contributed by atoms with Crippen LogP contribution in [0.3, 0.4) is 0 Å². The zero-order chi connectivity index (χ0) is 11.0. The average Bonchev–Trinajstić information content (AvgIpc) is 2.24. The molecule has 0 aromatic rings. The highest BCUT2D eigenvalue weighted by Crippen LogP contribution is 2.05. The molecule has 0 aromatic heterocycles. The van der Waals surface area contributed by atoms with E-state index in [1.807, 2.05) is 0 Å². The van der Waals surface area contributed by atoms with E-state index in [9.17, 15) is 4.79 Å². The predicted octanol–water partition coefficient (Wildman–Crippen LogP) is 1.51. The Morgan fingerprint density at radius 2 is 1.93 bits per heavy atom. The molecule has 0 aliphatic rings. The molecule has 0 aliphatic carbocycles. The summed E-state index contributed by atoms with van der Waals surface area (Å²) in [6.45, 7) is 13.9. The van der Waals surface area contributed by atoms with Crippen molar-refractivity contribution < 1.29 is 9.28 Å². The van der Waals surface area contributed by atoms with Gasteiger partial charge in [-0.2, -0.15) is 0 Å². The SMILES string of the molecule is C=CC(=O)NC[N+](CC)(CC)CCC. The normalized spacial score (nSPS) is 11.1. The van der Waals surface area contributed by atoms with E-state index in [1.165, 1.54) is 6.08 Å². The fourth-order valence-corrected chi connectivity index (χ4v) is 1.63. The van der Waals surface area contributed by atoms with Gasteiger partial charge in [-0.15, -0.1) is 0 Å². The van der Waals surface area contributed by atoms with Gasteiger partial charge in [-0.1, -0.05) is 13.5 Å². The molecule has 0 bridgehead atoms. The number of nitrogens with zero attached hydrogens (tertiary/aromatic N) is 1. The summed E-state index contributed by atoms with van der Waals surface area (Å²) in [6, 6.07) is 0. The van der Waals surface area contributed by atoms with Gasteiger partial charge in [0.05, 0.1) is 19.6 Å². The summed E-state index contributed by atoms with van der Waals surface area (Å²) >= 11 is 0. The molecule has 0 saturated heterocycles. The Bertz CT molecular complexity index is 186. The van der Waals surface area contributed by atoms with Gasteiger partial charge in [0.1, 0.15) is 0 Å². The molecule has 82 valence electrons. The molecule has 0 fully saturated rings. The predicted molar refractivity (Wildman–Crippen MR) is 59.7 cm³/mol. The highest BCUT2D eigenvalue weighted by molar-refractivity contribution is 5.86. The summed E-state index contributed by atoms with van der Waals surface area (Å²) in [6.07, 6.45) is 2.47. The van der Waals surface area contributed by atoms with Crippen LogP contribution in [0.15, 0.2) is 12.7 Å². The third-order valence-electron chi connectivity index (χ3n) is 2.81. The first-order chi connectivity index (χ1) is 6.64. The molecule has 0 rings (SSSR count). The number of carbonyl (C=O) groups is 1. The van der Waals surface area contributed by atoms with E-state index < -0.39 is 0 Å². The second-order valence-corrected chi connectivity index (χ2v) is 3.60. The van der Waals surface area contributed by atoms with E-state index in [2.05, 4.69) is 32.7 Å². The molecule has 0 heterocycles. The molecule has 0 spiro atoms. The third kappa shape index (κ3) is 3.92. The largest absolute Gasteiger partial charge is 0.307 e. The van der Waals surface area contributed by atoms with Gasteiger partial charge in [0.25, 0.3) is 0 Å². The van der Waals surface area contributed by atoms with Gasteiger partial charge in [-0.05, 0) is 26.3 Å². The van der Waals surface area contributed by atoms with Crippen molar-refractivity contribution in [1.82, 2.24) is 5.32 Å². The van der Waals surface area contributed by atoms with Crippen LogP contribution in [-0.4, -0.2) is 36.7 Å². The van der Waals surface area contributed by atoms with Crippen LogP contribution < -0.4 is 5.32 Å². The van der Waals surface area contributed by atoms with Crippen molar-refractivity contribution in [3.8, 4) is 0 Å². The minimum absolute atomic E-state index is 0.0782. The van der Waals surface area contributed by atoms with E-state index in [-0.39, 0.29) is 5.91 Å². The van der Waals surface area contributed by atoms with Gasteiger partial charge in [0.2, 0.25) is 5.91 Å². The van der Waals surface area contributed by atoms with Gasteiger partial charge in [-0.25, -0.2) is 0 Å². The summed E-state index contributed by atoms with van der Waals surface area (Å²) < 4.78 is 0.954. The third-order valence-corrected chi connectivity index (χ3v) is 2.81. The van der Waals surface area contributed by atoms with Gasteiger partial charge in [-0.3, -0.25) is 4.79 Å². The molecule has 1 amide bonds. The second-order valence-electron chi connectivity index (χ2n) is 3.60. The maximum absolute atomic E-state index is 11.1. The maximum atomic E-state index is 11.1. The van der Waals surface area contributed by atoms with Gasteiger partial charge >= 0.3 is 0 Å². The summed E-state index contributed by atoms with van der Waals surface area (Å²) in [5.41, 5.74) is 0. The number of nitrogens with one attached hydrogen (secondary N) is 1. The van der Waals surface area contributed by atoms with Crippen LogP contribution in [0.2, 0.25) is 0 Å². The lowest BCUT2D eigenvalue weighted by atomic mass is 10.3. The Hall–Kier alpha value is -0.830. The molecule has 3 heteroatoms. The Morgan fingerprint density at radius 3 is 2.29 bits per heavy atom. The van der Waals surface area contributed by atoms with E-state index >= 15 is 0 Å². The van der Waals surface area contributed by atoms with Crippen LogP contribution in [0.5, 0.6) is 0 Å². The van der Waals surface area contributed by atoms with Crippen LogP contribution in [0.1, 0.15) is 27.2 Å². The molecule has 0 atom stereocenters. The zero-order valence-corrected chi connectivity index (χ0v) is 9.68. The van der Waals surface area contributed by atoms with E-state index in [0.717, 1.165) is 30.5 Å². The summed E-state index contributed by atoms with van der Waals surface area (Å²) in [5, 5.41) is 2.88. The minimum atomic E-state index is -0.0782. The zero-order valence-electron chi connectivity index (χ0n) is 9.68. The summed E-state index contributed by atoms with van der Waals surface area (Å²) in [7, 11) is 0. The van der Waals surface area contributed by atoms with Crippen molar-refractivity contribution in [2.45, 2.75) is 27.2 Å². The summed E-state index contributed by atoms with van der Waals surface area (Å²) in [5.74, 6) is -0.0782. The van der Waals surface area contributed by atoms with E-state index in [1.54, 1.807) is 0 Å². The highest BCUT2D eigenvalue weighted by atomic mass is 16.1. The molecule has 0 aliphatic heterocycles. The van der Waals surface area contributed by atoms with E-state index in [4.69, 9.17) is 0 Å². The van der Waals surface area contributed by atoms with Crippen molar-refractivity contribution in [3.63, 3.8) is 0 Å². The Labute approximate surface area is 87.4 Å². The molecule has 1 N–H and O–H groups in total. The first kappa shape index (κ1) is 13.2. The quantitative estimate of drug-likeness (QED) is 0.376. The maximum Gasteiger partial charge on any atom is 0.247 e. The second kappa shape index (κ2) is 6.60. The van der Waals surface area contributed by atoms with E-state index in [0.29, 0.717) is 6.67 Å². The molecule has 14 heavy (non-hydrogen) atoms. The van der Waals surface area contributed by atoms with Crippen molar-refractivity contribution in [3.05, 3.63) is 12.7 Å². The summed E-state index contributed by atoms with van der Waals surface area (Å²) in [4.78, 5) is 11.1. The van der Waals surface area contributed by atoms with Crippen LogP contribution in [-0.2, 0) is 4.79 Å². The van der Waals surface area contributed by atoms with Crippen molar-refractivity contribution >= 4 is 5.91 Å². The van der Waals surface area contributed by atoms with Gasteiger partial charge in [0.15, 0.2) is 6.67 Å². The molecule has 0 unspecified atom stereocenters. The Balaban J connectivity index is 4.19. The highest BCUT2D eigenvalue weighted by Gasteiger charge is 2.21. The fraction of sp³-hybridized carbons (Fsp3) is 0.727. The average molecular weight is 199 g/mol. The lowest BCUT2D eigenvalue weighted by Crippen LogP contribution is -2.54. The molecule has 3 nitrogen and oxygen atoms in total. The number of quaternary nitrogens is 1. The topological polar surface area (TPSA) is 29.1 Å². The monoisotopic (exact) mass is 199 g/mol. The van der Waals surface area contributed by atoms with Crippen molar-refractivity contribution in [2.24, 2.45) is 0 Å². The fourth-order valence-electron chi connectivity index (χ4n) is 1.63. The van der Waals surface area contributed by atoms with Crippen LogP contribution in [0.25, 0.3) is 0 Å². The standard InChI is InChI=1S/C11H22N2O/c1-5-9-13(7-3,8-4)10-12-11(14)6-2/h6H,2,5,7-10H2,1,3-4H3/p+1. The number of amides is 1. The van der Waals surface area contributed by atoms with Crippen LogP contribution in [0.4, 0.5) is 0 Å². The van der Waals surface area contributed by atoms with Crippen molar-refractivity contribution in [1.29, 1.82) is 0 Å². The molecule has 0 aromatic carbocycles. The van der Waals surface area contributed by atoms with Gasteiger partial charge in [0, 0.05) is 0 Å². The van der Waals surface area contributed by atoms with Crippen LogP contribution in [0, 0.1) is 0 Å². The number of hydrogen-bond acceptors (Lipinski definition) is 1. The Kier molecular flexibility index (Phi) is 6.21. The molecular weight excluding hydrogens is 176 g/mol. The first-order valence-corrected chi connectivity index (χ1v) is 5.39. The first-order valence-electron chi connectivity index (χ1n) is 5.39. The number of rotatable bonds is 7. The molecule has 0 radical (unpaired) electrons. The lowest BCUT2D eigenvalue weighted by Gasteiger charge is -2.36. The Morgan fingerprint density at radius 1 is 1.36 bits per heavy atom. The molecule has 0 saturated carbocycles. The van der Waals surface area contributed by atoms with Gasteiger partial charge < -0.3 is 9.80 Å². The number of carbonyl (C=O) groups excluding carboxylic acids is 1. The minimum Gasteiger partial charge on any atom is -0.307 e. The lowest BCUT2D eigenvalue weighted by molar-refractivity contribution is -0.926.